The van der Waals surface area contributed by atoms with Crippen molar-refractivity contribution >= 4 is 16.6 Å². The summed E-state index contributed by atoms with van der Waals surface area (Å²) in [6.45, 7) is 2.46. The van der Waals surface area contributed by atoms with Gasteiger partial charge in [0, 0.05) is 18.7 Å². The van der Waals surface area contributed by atoms with Crippen LogP contribution in [0.3, 0.4) is 0 Å². The average molecular weight is 232 g/mol. The highest BCUT2D eigenvalue weighted by atomic mass is 16.5. The molecule has 1 heterocycles. The van der Waals surface area contributed by atoms with Crippen molar-refractivity contribution in [3.8, 4) is 5.75 Å². The number of anilines is 1. The minimum Gasteiger partial charge on any atom is -0.490 e. The highest BCUT2D eigenvalue weighted by Gasteiger charge is 2.07. The van der Waals surface area contributed by atoms with E-state index in [-0.39, 0.29) is 6.10 Å². The van der Waals surface area contributed by atoms with Crippen LogP contribution in [0, 0.1) is 0 Å². The quantitative estimate of drug-likeness (QED) is 0.821. The molecule has 17 heavy (non-hydrogen) atoms. The SMILES string of the molecule is COC(C)COc1ccc(N)c2ncccc12. The fourth-order valence-electron chi connectivity index (χ4n) is 1.57. The third-order valence-corrected chi connectivity index (χ3v) is 2.64. The van der Waals surface area contributed by atoms with Gasteiger partial charge in [0.25, 0.3) is 0 Å². The van der Waals surface area contributed by atoms with Crippen LogP contribution in [-0.2, 0) is 4.74 Å². The minimum absolute atomic E-state index is 0.0549. The van der Waals surface area contributed by atoms with Crippen LogP contribution in [-0.4, -0.2) is 24.8 Å². The fraction of sp³-hybridized carbons (Fsp3) is 0.308. The molecule has 1 atom stereocenters. The first kappa shape index (κ1) is 11.7. The Hall–Kier alpha value is -1.81. The van der Waals surface area contributed by atoms with E-state index in [1.54, 1.807) is 13.3 Å². The van der Waals surface area contributed by atoms with Crippen molar-refractivity contribution in [3.05, 3.63) is 30.5 Å². The molecule has 0 aliphatic carbocycles. The standard InChI is InChI=1S/C13H16N2O2/c1-9(16-2)8-17-12-6-5-11(14)13-10(12)4-3-7-15-13/h3-7,9H,8,14H2,1-2H3. The maximum Gasteiger partial charge on any atom is 0.128 e. The van der Waals surface area contributed by atoms with E-state index in [4.69, 9.17) is 15.2 Å². The van der Waals surface area contributed by atoms with Gasteiger partial charge in [-0.3, -0.25) is 4.98 Å². The molecule has 0 saturated carbocycles. The van der Waals surface area contributed by atoms with Crippen molar-refractivity contribution in [3.63, 3.8) is 0 Å². The number of hydrogen-bond acceptors (Lipinski definition) is 4. The van der Waals surface area contributed by atoms with E-state index in [1.807, 2.05) is 31.2 Å². The molecule has 2 rings (SSSR count). The lowest BCUT2D eigenvalue weighted by atomic mass is 10.2. The van der Waals surface area contributed by atoms with Crippen LogP contribution >= 0.6 is 0 Å². The highest BCUT2D eigenvalue weighted by Crippen LogP contribution is 2.28. The van der Waals surface area contributed by atoms with Gasteiger partial charge in [0.1, 0.15) is 12.4 Å². The Kier molecular flexibility index (Phi) is 3.44. The molecule has 4 nitrogen and oxygen atoms in total. The molecule has 0 fully saturated rings. The van der Waals surface area contributed by atoms with Gasteiger partial charge in [-0.2, -0.15) is 0 Å². The smallest absolute Gasteiger partial charge is 0.128 e. The molecule has 1 aromatic carbocycles. The molecule has 0 saturated heterocycles. The number of benzene rings is 1. The van der Waals surface area contributed by atoms with E-state index in [1.165, 1.54) is 0 Å². The Morgan fingerprint density at radius 1 is 1.35 bits per heavy atom. The van der Waals surface area contributed by atoms with Gasteiger partial charge in [0.15, 0.2) is 0 Å². The summed E-state index contributed by atoms with van der Waals surface area (Å²) in [5.74, 6) is 0.784. The number of pyridine rings is 1. The molecule has 90 valence electrons. The molecule has 0 aliphatic heterocycles. The summed E-state index contributed by atoms with van der Waals surface area (Å²) in [6.07, 6.45) is 1.78. The average Bonchev–Trinajstić information content (AvgIpc) is 2.38. The zero-order chi connectivity index (χ0) is 12.3. The van der Waals surface area contributed by atoms with Gasteiger partial charge < -0.3 is 15.2 Å². The Balaban J connectivity index is 2.32. The third kappa shape index (κ3) is 2.47. The molecule has 2 aromatic rings. The van der Waals surface area contributed by atoms with Crippen LogP contribution in [0.2, 0.25) is 0 Å². The van der Waals surface area contributed by atoms with E-state index in [9.17, 15) is 0 Å². The minimum atomic E-state index is 0.0549. The molecule has 0 bridgehead atoms. The number of nitrogens with zero attached hydrogens (tertiary/aromatic N) is 1. The van der Waals surface area contributed by atoms with Crippen molar-refractivity contribution in [1.82, 2.24) is 4.98 Å². The van der Waals surface area contributed by atoms with Gasteiger partial charge in [0.05, 0.1) is 17.3 Å². The Morgan fingerprint density at radius 2 is 2.18 bits per heavy atom. The van der Waals surface area contributed by atoms with Crippen LogP contribution in [0.5, 0.6) is 5.75 Å². The van der Waals surface area contributed by atoms with Gasteiger partial charge in [-0.15, -0.1) is 0 Å². The third-order valence-electron chi connectivity index (χ3n) is 2.64. The van der Waals surface area contributed by atoms with Gasteiger partial charge in [-0.05, 0) is 31.2 Å². The largest absolute Gasteiger partial charge is 0.490 e. The van der Waals surface area contributed by atoms with E-state index < -0.39 is 0 Å². The van der Waals surface area contributed by atoms with Crippen molar-refractivity contribution in [2.75, 3.05) is 19.5 Å². The lowest BCUT2D eigenvalue weighted by Crippen LogP contribution is -2.16. The lowest BCUT2D eigenvalue weighted by molar-refractivity contribution is 0.0722. The second-order valence-corrected chi connectivity index (χ2v) is 3.91. The highest BCUT2D eigenvalue weighted by molar-refractivity contribution is 5.93. The molecule has 2 N–H and O–H groups in total. The Labute approximate surface area is 100 Å². The molecule has 0 aliphatic rings. The second kappa shape index (κ2) is 5.01. The fourth-order valence-corrected chi connectivity index (χ4v) is 1.57. The number of fused-ring (bicyclic) bond motifs is 1. The zero-order valence-corrected chi connectivity index (χ0v) is 10.0. The first-order chi connectivity index (χ1) is 8.22. The first-order valence-corrected chi connectivity index (χ1v) is 5.51. The van der Waals surface area contributed by atoms with Gasteiger partial charge in [0.2, 0.25) is 0 Å². The van der Waals surface area contributed by atoms with Crippen LogP contribution in [0.15, 0.2) is 30.5 Å². The molecule has 0 amide bonds. The maximum absolute atomic E-state index is 5.86. The predicted octanol–water partition coefficient (Wildman–Crippen LogP) is 2.23. The molecule has 0 radical (unpaired) electrons. The van der Waals surface area contributed by atoms with Gasteiger partial charge in [-0.1, -0.05) is 0 Å². The molecular formula is C13H16N2O2. The summed E-state index contributed by atoms with van der Waals surface area (Å²) in [5.41, 5.74) is 7.30. The second-order valence-electron chi connectivity index (χ2n) is 3.91. The normalized spacial score (nSPS) is 12.6. The van der Waals surface area contributed by atoms with Crippen LogP contribution < -0.4 is 10.5 Å². The number of methoxy groups -OCH3 is 1. The van der Waals surface area contributed by atoms with Crippen LogP contribution in [0.4, 0.5) is 5.69 Å². The van der Waals surface area contributed by atoms with Crippen molar-refractivity contribution < 1.29 is 9.47 Å². The van der Waals surface area contributed by atoms with Crippen LogP contribution in [0.25, 0.3) is 10.9 Å². The molecule has 1 unspecified atom stereocenters. The molecule has 0 spiro atoms. The molecule has 4 heteroatoms. The van der Waals surface area contributed by atoms with E-state index >= 15 is 0 Å². The first-order valence-electron chi connectivity index (χ1n) is 5.51. The molecular weight excluding hydrogens is 216 g/mol. The van der Waals surface area contributed by atoms with E-state index in [2.05, 4.69) is 4.98 Å². The summed E-state index contributed by atoms with van der Waals surface area (Å²) in [4.78, 5) is 4.25. The summed E-state index contributed by atoms with van der Waals surface area (Å²) >= 11 is 0. The van der Waals surface area contributed by atoms with Crippen molar-refractivity contribution in [1.29, 1.82) is 0 Å². The predicted molar refractivity (Wildman–Crippen MR) is 68.1 cm³/mol. The zero-order valence-electron chi connectivity index (χ0n) is 10.0. The van der Waals surface area contributed by atoms with Crippen molar-refractivity contribution in [2.24, 2.45) is 0 Å². The molecule has 1 aromatic heterocycles. The van der Waals surface area contributed by atoms with Crippen LogP contribution in [0.1, 0.15) is 6.92 Å². The Morgan fingerprint density at radius 3 is 2.94 bits per heavy atom. The number of nitrogens with two attached hydrogens (primary N) is 1. The van der Waals surface area contributed by atoms with E-state index in [0.717, 1.165) is 16.7 Å². The van der Waals surface area contributed by atoms with Gasteiger partial charge >= 0.3 is 0 Å². The lowest BCUT2D eigenvalue weighted by Gasteiger charge is -2.13. The van der Waals surface area contributed by atoms with Crippen molar-refractivity contribution in [2.45, 2.75) is 13.0 Å². The number of rotatable bonds is 4. The summed E-state index contributed by atoms with van der Waals surface area (Å²) < 4.78 is 10.8. The maximum atomic E-state index is 5.86. The number of aromatic nitrogens is 1. The number of hydrogen-bond donors (Lipinski definition) is 1. The van der Waals surface area contributed by atoms with Gasteiger partial charge in [-0.25, -0.2) is 0 Å². The summed E-state index contributed by atoms with van der Waals surface area (Å²) in [5, 5.41) is 0.927. The summed E-state index contributed by atoms with van der Waals surface area (Å²) in [7, 11) is 1.66. The summed E-state index contributed by atoms with van der Waals surface area (Å²) in [6, 6.07) is 7.49. The van der Waals surface area contributed by atoms with E-state index in [0.29, 0.717) is 12.3 Å². The topological polar surface area (TPSA) is 57.4 Å². The number of ether oxygens (including phenoxy) is 2. The monoisotopic (exact) mass is 232 g/mol. The number of nitrogen functional groups attached to an aromatic ring is 1. The Bertz CT molecular complexity index is 514.